The topological polar surface area (TPSA) is 49.8 Å². The van der Waals surface area contributed by atoms with Gasteiger partial charge in [0, 0.05) is 26.5 Å². The zero-order chi connectivity index (χ0) is 17.4. The second-order valence-electron chi connectivity index (χ2n) is 5.47. The van der Waals surface area contributed by atoms with Crippen LogP contribution in [0, 0.1) is 12.7 Å². The molecule has 0 aromatic heterocycles. The van der Waals surface area contributed by atoms with Crippen molar-refractivity contribution in [3.63, 3.8) is 0 Å². The smallest absolute Gasteiger partial charge is 0.323 e. The number of methoxy groups -OCH3 is 1. The maximum absolute atomic E-state index is 13.4. The number of halogens is 1. The number of hydrogen-bond donors (Lipinski definition) is 1. The summed E-state index contributed by atoms with van der Waals surface area (Å²) in [5.74, 6) is -1.15. The van der Waals surface area contributed by atoms with E-state index in [0.717, 1.165) is 23.3 Å². The van der Waals surface area contributed by atoms with E-state index in [1.165, 1.54) is 6.07 Å². The van der Waals surface area contributed by atoms with Gasteiger partial charge < -0.3 is 14.7 Å². The monoisotopic (exact) mass is 321 g/mol. The summed E-state index contributed by atoms with van der Waals surface area (Å²) in [6, 6.07) is 4.82. The zero-order valence-corrected chi connectivity index (χ0v) is 13.9. The van der Waals surface area contributed by atoms with Crippen LogP contribution in [0.4, 0.5) is 4.39 Å². The Labute approximate surface area is 136 Å². The molecule has 0 spiro atoms. The van der Waals surface area contributed by atoms with Crippen LogP contribution >= 0.6 is 0 Å². The number of carbonyl (C=O) groups is 1. The number of likely N-dealkylation sites (N-methyl/N-ethyl adjacent to an activating group) is 1. The summed E-state index contributed by atoms with van der Waals surface area (Å²) < 4.78 is 18.4. The Morgan fingerprint density at radius 2 is 2.17 bits per heavy atom. The largest absolute Gasteiger partial charge is 0.480 e. The van der Waals surface area contributed by atoms with E-state index in [-0.39, 0.29) is 12.4 Å². The fourth-order valence-corrected chi connectivity index (χ4v) is 2.20. The minimum Gasteiger partial charge on any atom is -0.480 e. The fraction of sp³-hybridized carbons (Fsp3) is 0.389. The maximum Gasteiger partial charge on any atom is 0.323 e. The zero-order valence-electron chi connectivity index (χ0n) is 13.9. The average molecular weight is 321 g/mol. The van der Waals surface area contributed by atoms with Crippen molar-refractivity contribution in [3.05, 3.63) is 53.5 Å². The van der Waals surface area contributed by atoms with Gasteiger partial charge in [0.25, 0.3) is 0 Å². The van der Waals surface area contributed by atoms with Crippen LogP contribution in [-0.2, 0) is 9.53 Å². The molecule has 0 bridgehead atoms. The van der Waals surface area contributed by atoms with Gasteiger partial charge in [0.15, 0.2) is 0 Å². The van der Waals surface area contributed by atoms with Gasteiger partial charge in [-0.25, -0.2) is 4.39 Å². The minimum absolute atomic E-state index is 0.0887. The van der Waals surface area contributed by atoms with Crippen molar-refractivity contribution in [2.24, 2.45) is 0 Å². The van der Waals surface area contributed by atoms with Gasteiger partial charge in [-0.1, -0.05) is 12.6 Å². The summed E-state index contributed by atoms with van der Waals surface area (Å²) in [6.45, 7) is 6.23. The third-order valence-electron chi connectivity index (χ3n) is 3.51. The first-order valence-corrected chi connectivity index (χ1v) is 7.43. The highest BCUT2D eigenvalue weighted by atomic mass is 19.1. The van der Waals surface area contributed by atoms with Crippen LogP contribution in [0.2, 0.25) is 0 Å². The van der Waals surface area contributed by atoms with Crippen molar-refractivity contribution in [3.8, 4) is 0 Å². The van der Waals surface area contributed by atoms with Crippen LogP contribution in [0.5, 0.6) is 0 Å². The molecule has 0 aliphatic rings. The number of aryl methyl sites for hydroxylation is 1. The van der Waals surface area contributed by atoms with Crippen molar-refractivity contribution in [1.29, 1.82) is 0 Å². The molecular formula is C18H24FNO3. The molecule has 1 N–H and O–H groups in total. The third kappa shape index (κ3) is 6.24. The van der Waals surface area contributed by atoms with Crippen LogP contribution in [-0.4, -0.2) is 43.3 Å². The molecule has 0 aliphatic carbocycles. The van der Waals surface area contributed by atoms with E-state index >= 15 is 0 Å². The van der Waals surface area contributed by atoms with Crippen molar-refractivity contribution < 1.29 is 19.0 Å². The molecule has 4 nitrogen and oxygen atoms in total. The van der Waals surface area contributed by atoms with Crippen LogP contribution in [0.15, 0.2) is 36.6 Å². The van der Waals surface area contributed by atoms with E-state index < -0.39 is 5.97 Å². The van der Waals surface area contributed by atoms with E-state index in [1.807, 2.05) is 6.08 Å². The molecule has 0 aliphatic heterocycles. The lowest BCUT2D eigenvalue weighted by Gasteiger charge is -2.21. The normalized spacial score (nSPS) is 11.4. The van der Waals surface area contributed by atoms with Crippen LogP contribution in [0.25, 0.3) is 5.57 Å². The molecule has 5 heteroatoms. The van der Waals surface area contributed by atoms with Crippen LogP contribution in [0.3, 0.4) is 0 Å². The first kappa shape index (κ1) is 18.9. The van der Waals surface area contributed by atoms with Crippen molar-refractivity contribution in [1.82, 2.24) is 4.90 Å². The van der Waals surface area contributed by atoms with Crippen molar-refractivity contribution in [2.45, 2.75) is 19.8 Å². The number of carboxylic acid groups (broad SMARTS) is 1. The van der Waals surface area contributed by atoms with E-state index in [0.29, 0.717) is 18.6 Å². The Bertz CT molecular complexity index is 596. The van der Waals surface area contributed by atoms with Gasteiger partial charge in [0.1, 0.15) is 12.4 Å². The molecule has 1 rings (SSSR count). The molecular weight excluding hydrogens is 297 g/mol. The Kier molecular flexibility index (Phi) is 7.48. The van der Waals surface area contributed by atoms with E-state index in [2.05, 4.69) is 6.58 Å². The summed E-state index contributed by atoms with van der Waals surface area (Å²) in [7, 11) is 3.36. The highest BCUT2D eigenvalue weighted by Gasteiger charge is 2.10. The van der Waals surface area contributed by atoms with Gasteiger partial charge in [0.2, 0.25) is 0 Å². The Hall–Kier alpha value is -2.14. The first-order valence-electron chi connectivity index (χ1n) is 7.43. The van der Waals surface area contributed by atoms with E-state index in [9.17, 15) is 9.18 Å². The molecule has 0 radical (unpaired) electrons. The Balaban J connectivity index is 2.97. The van der Waals surface area contributed by atoms with Gasteiger partial charge in [-0.2, -0.15) is 0 Å². The number of rotatable bonds is 9. The summed E-state index contributed by atoms with van der Waals surface area (Å²) in [5.41, 5.74) is 2.95. The number of allylic oxidation sites excluding steroid dienone is 3. The van der Waals surface area contributed by atoms with Gasteiger partial charge >= 0.3 is 5.97 Å². The lowest BCUT2D eigenvalue weighted by Crippen LogP contribution is -2.25. The lowest BCUT2D eigenvalue weighted by atomic mass is 10.0. The predicted molar refractivity (Wildman–Crippen MR) is 89.6 cm³/mol. The quantitative estimate of drug-likeness (QED) is 0.559. The standard InChI is InChI=1S/C18H24FNO3/c1-13(15-7-8-17(19)14(2)10-15)11-16(6-5-9-23-4)20(3)12-18(21)22/h7-8,10-11H,1,5-6,9,12H2,2-4H3,(H,21,22)/b16-11-. The van der Waals surface area contributed by atoms with Gasteiger partial charge in [-0.3, -0.25) is 4.79 Å². The minimum atomic E-state index is -0.895. The average Bonchev–Trinajstić information content (AvgIpc) is 2.48. The predicted octanol–water partition coefficient (Wildman–Crippen LogP) is 3.47. The van der Waals surface area contributed by atoms with Gasteiger partial charge in [-0.05, 0) is 54.7 Å². The number of carboxylic acids is 1. The molecule has 126 valence electrons. The second-order valence-corrected chi connectivity index (χ2v) is 5.47. The highest BCUT2D eigenvalue weighted by molar-refractivity contribution is 5.73. The lowest BCUT2D eigenvalue weighted by molar-refractivity contribution is -0.137. The fourth-order valence-electron chi connectivity index (χ4n) is 2.20. The van der Waals surface area contributed by atoms with Crippen molar-refractivity contribution >= 4 is 11.5 Å². The van der Waals surface area contributed by atoms with E-state index in [1.54, 1.807) is 38.1 Å². The summed E-state index contributed by atoms with van der Waals surface area (Å²) in [6.07, 6.45) is 3.31. The van der Waals surface area contributed by atoms with Gasteiger partial charge in [-0.15, -0.1) is 0 Å². The molecule has 0 saturated carbocycles. The summed E-state index contributed by atoms with van der Waals surface area (Å²) in [5, 5.41) is 8.96. The van der Waals surface area contributed by atoms with Gasteiger partial charge in [0.05, 0.1) is 0 Å². The maximum atomic E-state index is 13.4. The molecule has 0 unspecified atom stereocenters. The van der Waals surface area contributed by atoms with Crippen LogP contribution in [0.1, 0.15) is 24.0 Å². The molecule has 0 atom stereocenters. The number of hydrogen-bond acceptors (Lipinski definition) is 3. The SMILES string of the molecule is C=C(/C=C(/CCCOC)N(C)CC(=O)O)c1ccc(F)c(C)c1. The summed E-state index contributed by atoms with van der Waals surface area (Å²) >= 11 is 0. The van der Waals surface area contributed by atoms with Crippen LogP contribution < -0.4 is 0 Å². The second kappa shape index (κ2) is 9.10. The molecule has 1 aromatic carbocycles. The molecule has 0 amide bonds. The summed E-state index contributed by atoms with van der Waals surface area (Å²) in [4.78, 5) is 12.6. The van der Waals surface area contributed by atoms with Crippen molar-refractivity contribution in [2.75, 3.05) is 27.3 Å². The molecule has 1 aromatic rings. The molecule has 23 heavy (non-hydrogen) atoms. The third-order valence-corrected chi connectivity index (χ3v) is 3.51. The molecule has 0 fully saturated rings. The van der Waals surface area contributed by atoms with E-state index in [4.69, 9.17) is 9.84 Å². The Morgan fingerprint density at radius 1 is 1.48 bits per heavy atom. The number of nitrogens with zero attached hydrogens (tertiary/aromatic N) is 1. The molecule has 0 saturated heterocycles. The first-order chi connectivity index (χ1) is 10.8. The number of ether oxygens (including phenoxy) is 1. The molecule has 0 heterocycles. The number of benzene rings is 1. The highest BCUT2D eigenvalue weighted by Crippen LogP contribution is 2.21. The number of aliphatic carboxylic acids is 1. The Morgan fingerprint density at radius 3 is 2.74 bits per heavy atom.